The third kappa shape index (κ3) is 4.44. The summed E-state index contributed by atoms with van der Waals surface area (Å²) in [6.07, 6.45) is 3.70. The number of ether oxygens (including phenoxy) is 1. The standard InChI is InChI=1S/C23H21N5O2S/c1-30-20-9-4-3-8-19(20)28-22(18-7-5-6-14-24-18)21(26-27-28)23(29)25-15-16-10-12-17(31-2)13-11-16/h3-14H,15H2,1-2H3,(H,25,29). The lowest BCUT2D eigenvalue weighted by atomic mass is 10.2. The molecule has 0 aliphatic rings. The van der Waals surface area contributed by atoms with E-state index in [9.17, 15) is 4.79 Å². The van der Waals surface area contributed by atoms with E-state index in [-0.39, 0.29) is 11.6 Å². The van der Waals surface area contributed by atoms with Crippen LogP contribution in [0.4, 0.5) is 0 Å². The molecule has 0 fully saturated rings. The second kappa shape index (κ2) is 9.44. The Bertz CT molecular complexity index is 1180. The van der Waals surface area contributed by atoms with Crippen molar-refractivity contribution in [2.24, 2.45) is 0 Å². The Balaban J connectivity index is 1.68. The molecule has 4 aromatic rings. The number of pyridine rings is 1. The van der Waals surface area contributed by atoms with Gasteiger partial charge in [-0.2, -0.15) is 0 Å². The summed E-state index contributed by atoms with van der Waals surface area (Å²) in [7, 11) is 1.59. The predicted molar refractivity (Wildman–Crippen MR) is 121 cm³/mol. The van der Waals surface area contributed by atoms with Crippen molar-refractivity contribution < 1.29 is 9.53 Å². The number of benzene rings is 2. The fourth-order valence-electron chi connectivity index (χ4n) is 3.15. The van der Waals surface area contributed by atoms with Crippen LogP contribution in [-0.2, 0) is 6.54 Å². The molecule has 4 rings (SSSR count). The number of thioether (sulfide) groups is 1. The van der Waals surface area contributed by atoms with Crippen molar-refractivity contribution in [2.45, 2.75) is 11.4 Å². The quantitative estimate of drug-likeness (QED) is 0.446. The molecule has 0 aliphatic carbocycles. The number of carbonyl (C=O) groups is 1. The number of methoxy groups -OCH3 is 1. The first-order valence-electron chi connectivity index (χ1n) is 9.63. The summed E-state index contributed by atoms with van der Waals surface area (Å²) in [4.78, 5) is 18.6. The molecular formula is C23H21N5O2S. The monoisotopic (exact) mass is 431 g/mol. The van der Waals surface area contributed by atoms with Crippen LogP contribution in [-0.4, -0.2) is 39.3 Å². The van der Waals surface area contributed by atoms with Gasteiger partial charge in [0.05, 0.1) is 12.8 Å². The van der Waals surface area contributed by atoms with E-state index in [1.54, 1.807) is 29.8 Å². The van der Waals surface area contributed by atoms with Crippen molar-refractivity contribution in [1.82, 2.24) is 25.3 Å². The van der Waals surface area contributed by atoms with E-state index in [0.29, 0.717) is 29.4 Å². The zero-order valence-electron chi connectivity index (χ0n) is 17.1. The van der Waals surface area contributed by atoms with E-state index in [0.717, 1.165) is 5.56 Å². The Labute approximate surface area is 184 Å². The van der Waals surface area contributed by atoms with Crippen LogP contribution in [0.5, 0.6) is 5.75 Å². The highest BCUT2D eigenvalue weighted by atomic mass is 32.2. The maximum absolute atomic E-state index is 13.0. The Morgan fingerprint density at radius 3 is 2.55 bits per heavy atom. The van der Waals surface area contributed by atoms with Gasteiger partial charge in [0.25, 0.3) is 5.91 Å². The van der Waals surface area contributed by atoms with Crippen LogP contribution in [0.2, 0.25) is 0 Å². The van der Waals surface area contributed by atoms with Crippen molar-refractivity contribution in [2.75, 3.05) is 13.4 Å². The molecule has 0 aliphatic heterocycles. The summed E-state index contributed by atoms with van der Waals surface area (Å²) in [5.41, 5.74) is 2.96. The highest BCUT2D eigenvalue weighted by Gasteiger charge is 2.24. The molecule has 2 aromatic heterocycles. The van der Waals surface area contributed by atoms with Crippen molar-refractivity contribution in [3.05, 3.63) is 84.2 Å². The van der Waals surface area contributed by atoms with Gasteiger partial charge in [-0.25, -0.2) is 4.68 Å². The van der Waals surface area contributed by atoms with E-state index in [1.165, 1.54) is 4.90 Å². The van der Waals surface area contributed by atoms with Crippen LogP contribution in [0.3, 0.4) is 0 Å². The molecule has 0 spiro atoms. The van der Waals surface area contributed by atoms with E-state index in [1.807, 2.05) is 73.0 Å². The lowest BCUT2D eigenvalue weighted by molar-refractivity contribution is 0.0946. The molecule has 1 N–H and O–H groups in total. The van der Waals surface area contributed by atoms with Gasteiger partial charge in [0.2, 0.25) is 0 Å². The van der Waals surface area contributed by atoms with Crippen molar-refractivity contribution in [1.29, 1.82) is 0 Å². The Morgan fingerprint density at radius 1 is 1.06 bits per heavy atom. The van der Waals surface area contributed by atoms with Gasteiger partial charge < -0.3 is 10.1 Å². The smallest absolute Gasteiger partial charge is 0.274 e. The number of hydrogen-bond donors (Lipinski definition) is 1. The van der Waals surface area contributed by atoms with E-state index in [2.05, 4.69) is 20.6 Å². The molecule has 0 bridgehead atoms. The minimum absolute atomic E-state index is 0.199. The molecule has 2 heterocycles. The summed E-state index contributed by atoms with van der Waals surface area (Å²) < 4.78 is 7.06. The minimum Gasteiger partial charge on any atom is -0.494 e. The largest absolute Gasteiger partial charge is 0.494 e. The first-order valence-corrected chi connectivity index (χ1v) is 10.9. The molecule has 8 heteroatoms. The molecule has 156 valence electrons. The Hall–Kier alpha value is -3.65. The molecule has 0 atom stereocenters. The molecule has 7 nitrogen and oxygen atoms in total. The van der Waals surface area contributed by atoms with E-state index >= 15 is 0 Å². The highest BCUT2D eigenvalue weighted by molar-refractivity contribution is 7.98. The number of amides is 1. The molecule has 0 radical (unpaired) electrons. The number of nitrogens with one attached hydrogen (secondary N) is 1. The van der Waals surface area contributed by atoms with Gasteiger partial charge in [-0.05, 0) is 48.2 Å². The third-order valence-electron chi connectivity index (χ3n) is 4.72. The maximum Gasteiger partial charge on any atom is 0.274 e. The van der Waals surface area contributed by atoms with Gasteiger partial charge in [-0.3, -0.25) is 9.78 Å². The van der Waals surface area contributed by atoms with Crippen molar-refractivity contribution in [3.63, 3.8) is 0 Å². The van der Waals surface area contributed by atoms with Gasteiger partial charge in [0.15, 0.2) is 5.69 Å². The third-order valence-corrected chi connectivity index (χ3v) is 5.46. The van der Waals surface area contributed by atoms with Gasteiger partial charge in [-0.15, -0.1) is 16.9 Å². The summed E-state index contributed by atoms with van der Waals surface area (Å²) in [6.45, 7) is 0.386. The normalized spacial score (nSPS) is 10.6. The molecule has 0 saturated heterocycles. The highest BCUT2D eigenvalue weighted by Crippen LogP contribution is 2.28. The molecule has 1 amide bonds. The number of aromatic nitrogens is 4. The van der Waals surface area contributed by atoms with Crippen molar-refractivity contribution in [3.8, 4) is 22.8 Å². The molecule has 0 unspecified atom stereocenters. The summed E-state index contributed by atoms with van der Waals surface area (Å²) in [5.74, 6) is 0.293. The number of rotatable bonds is 7. The second-order valence-electron chi connectivity index (χ2n) is 6.62. The number of nitrogens with zero attached hydrogens (tertiary/aromatic N) is 4. The van der Waals surface area contributed by atoms with Gasteiger partial charge >= 0.3 is 0 Å². The Morgan fingerprint density at radius 2 is 1.84 bits per heavy atom. The van der Waals surface area contributed by atoms with Gasteiger partial charge in [-0.1, -0.05) is 35.5 Å². The number of para-hydroxylation sites is 2. The molecule has 2 aromatic carbocycles. The van der Waals surface area contributed by atoms with E-state index < -0.39 is 0 Å². The van der Waals surface area contributed by atoms with Crippen LogP contribution in [0.1, 0.15) is 16.1 Å². The first-order chi connectivity index (χ1) is 15.2. The van der Waals surface area contributed by atoms with Crippen LogP contribution < -0.4 is 10.1 Å². The minimum atomic E-state index is -0.323. The van der Waals surface area contributed by atoms with Gasteiger partial charge in [0, 0.05) is 17.6 Å². The predicted octanol–water partition coefficient (Wildman–Crippen LogP) is 3.99. The van der Waals surface area contributed by atoms with Crippen LogP contribution in [0.25, 0.3) is 17.1 Å². The average Bonchev–Trinajstić information content (AvgIpc) is 3.28. The van der Waals surface area contributed by atoms with Crippen LogP contribution in [0.15, 0.2) is 77.8 Å². The topological polar surface area (TPSA) is 81.9 Å². The fraction of sp³-hybridized carbons (Fsp3) is 0.130. The lowest BCUT2D eigenvalue weighted by Crippen LogP contribution is -2.24. The van der Waals surface area contributed by atoms with Gasteiger partial charge in [0.1, 0.15) is 17.1 Å². The average molecular weight is 432 g/mol. The number of hydrogen-bond acceptors (Lipinski definition) is 6. The molecule has 31 heavy (non-hydrogen) atoms. The fourth-order valence-corrected chi connectivity index (χ4v) is 3.56. The second-order valence-corrected chi connectivity index (χ2v) is 7.50. The van der Waals surface area contributed by atoms with Crippen LogP contribution in [0, 0.1) is 0 Å². The first kappa shape index (κ1) is 20.6. The summed E-state index contributed by atoms with van der Waals surface area (Å²) >= 11 is 1.68. The molecule has 0 saturated carbocycles. The maximum atomic E-state index is 13.0. The molecular weight excluding hydrogens is 410 g/mol. The van der Waals surface area contributed by atoms with Crippen LogP contribution >= 0.6 is 11.8 Å². The summed E-state index contributed by atoms with van der Waals surface area (Å²) in [5, 5.41) is 11.4. The lowest BCUT2D eigenvalue weighted by Gasteiger charge is -2.11. The zero-order chi connectivity index (χ0) is 21.6. The van der Waals surface area contributed by atoms with Crippen molar-refractivity contribution >= 4 is 17.7 Å². The Kier molecular flexibility index (Phi) is 6.28. The summed E-state index contributed by atoms with van der Waals surface area (Å²) in [6, 6.07) is 21.0. The zero-order valence-corrected chi connectivity index (χ0v) is 18.0. The van der Waals surface area contributed by atoms with E-state index in [4.69, 9.17) is 4.74 Å². The SMILES string of the molecule is COc1ccccc1-n1nnc(C(=O)NCc2ccc(SC)cc2)c1-c1ccccn1. The number of carbonyl (C=O) groups excluding carboxylic acids is 1.